The Morgan fingerprint density at radius 1 is 1.09 bits per heavy atom. The van der Waals surface area contributed by atoms with Gasteiger partial charge in [0.1, 0.15) is 11.6 Å². The molecule has 0 bridgehead atoms. The largest absolute Gasteiger partial charge is 0.444 e. The average molecular weight is 441 g/mol. The van der Waals surface area contributed by atoms with Gasteiger partial charge in [-0.05, 0) is 78.1 Å². The molecule has 1 unspecified atom stereocenters. The van der Waals surface area contributed by atoms with E-state index in [-0.39, 0.29) is 11.8 Å². The maximum atomic E-state index is 13.3. The number of carbonyl (C=O) groups excluding carboxylic acids is 2. The highest BCUT2D eigenvalue weighted by Crippen LogP contribution is 2.50. The summed E-state index contributed by atoms with van der Waals surface area (Å²) in [5.74, 6) is 1.12. The van der Waals surface area contributed by atoms with E-state index in [1.165, 1.54) is 6.20 Å². The van der Waals surface area contributed by atoms with Crippen LogP contribution < -0.4 is 10.6 Å². The van der Waals surface area contributed by atoms with Crippen LogP contribution in [0.15, 0.2) is 12.4 Å². The smallest absolute Gasteiger partial charge is 0.408 e. The molecule has 2 aliphatic rings. The minimum Gasteiger partial charge on any atom is -0.444 e. The zero-order valence-electron chi connectivity index (χ0n) is 19.4. The number of rotatable bonds is 7. The van der Waals surface area contributed by atoms with Crippen LogP contribution in [0.25, 0.3) is 11.3 Å². The maximum absolute atomic E-state index is 13.3. The summed E-state index contributed by atoms with van der Waals surface area (Å²) in [7, 11) is 0. The zero-order chi connectivity index (χ0) is 23.0. The number of carbonyl (C=O) groups is 2. The molecule has 2 aromatic heterocycles. The summed E-state index contributed by atoms with van der Waals surface area (Å²) < 4.78 is 5.43. The molecule has 2 heterocycles. The van der Waals surface area contributed by atoms with Crippen LogP contribution in [0.5, 0.6) is 0 Å². The van der Waals surface area contributed by atoms with Crippen molar-refractivity contribution in [3.05, 3.63) is 23.8 Å². The molecule has 2 saturated carbocycles. The second-order valence-corrected chi connectivity index (χ2v) is 9.96. The van der Waals surface area contributed by atoms with Gasteiger partial charge in [0, 0.05) is 11.3 Å². The van der Waals surface area contributed by atoms with E-state index in [4.69, 9.17) is 4.74 Å². The maximum Gasteiger partial charge on any atom is 0.408 e. The highest BCUT2D eigenvalue weighted by Gasteiger charge is 2.48. The number of nitrogens with zero attached hydrogens (tertiary/aromatic N) is 3. The van der Waals surface area contributed by atoms with E-state index in [0.29, 0.717) is 23.3 Å². The third-order valence-corrected chi connectivity index (χ3v) is 5.96. The van der Waals surface area contributed by atoms with Gasteiger partial charge in [-0.25, -0.2) is 9.78 Å². The van der Waals surface area contributed by atoms with Crippen molar-refractivity contribution < 1.29 is 14.3 Å². The SMILES string of the molecule is Cc1n[nH]c(C)c1-c1cnc(NC(=O)C(NC(=O)OC(C)(C)C)C(C2CC2)C2CC2)cn1. The lowest BCUT2D eigenvalue weighted by molar-refractivity contribution is -0.120. The normalized spacial score (nSPS) is 17.2. The van der Waals surface area contributed by atoms with Crippen LogP contribution in [-0.4, -0.2) is 43.8 Å². The van der Waals surface area contributed by atoms with Crippen LogP contribution in [-0.2, 0) is 9.53 Å². The first-order valence-corrected chi connectivity index (χ1v) is 11.3. The van der Waals surface area contributed by atoms with Crippen LogP contribution in [0.2, 0.25) is 0 Å². The molecule has 2 aromatic rings. The number of hydrogen-bond donors (Lipinski definition) is 3. The molecule has 2 amide bonds. The van der Waals surface area contributed by atoms with E-state index in [1.54, 1.807) is 6.20 Å². The lowest BCUT2D eigenvalue weighted by Crippen LogP contribution is -2.51. The number of aryl methyl sites for hydroxylation is 2. The van der Waals surface area contributed by atoms with Crippen molar-refractivity contribution in [3.8, 4) is 11.3 Å². The van der Waals surface area contributed by atoms with Gasteiger partial charge in [0.05, 0.1) is 23.8 Å². The Kier molecular flexibility index (Phi) is 5.92. The van der Waals surface area contributed by atoms with E-state index in [2.05, 4.69) is 30.8 Å². The lowest BCUT2D eigenvalue weighted by Gasteiger charge is -2.28. The van der Waals surface area contributed by atoms with Crippen molar-refractivity contribution in [1.82, 2.24) is 25.5 Å². The summed E-state index contributed by atoms with van der Waals surface area (Å²) in [5.41, 5.74) is 2.70. The number of ether oxygens (including phenoxy) is 1. The van der Waals surface area contributed by atoms with Crippen LogP contribution in [0.1, 0.15) is 57.8 Å². The molecule has 0 aromatic carbocycles. The Bertz CT molecular complexity index is 955. The third-order valence-electron chi connectivity index (χ3n) is 5.96. The lowest BCUT2D eigenvalue weighted by atomic mass is 9.89. The minimum absolute atomic E-state index is 0.117. The monoisotopic (exact) mass is 440 g/mol. The predicted molar refractivity (Wildman–Crippen MR) is 120 cm³/mol. The average Bonchev–Trinajstić information content (AvgIpc) is 3.62. The highest BCUT2D eigenvalue weighted by atomic mass is 16.6. The van der Waals surface area contributed by atoms with E-state index in [9.17, 15) is 9.59 Å². The number of alkyl carbamates (subject to hydrolysis) is 1. The molecule has 0 aliphatic heterocycles. The molecule has 9 heteroatoms. The van der Waals surface area contributed by atoms with Gasteiger partial charge in [0.15, 0.2) is 5.82 Å². The second-order valence-electron chi connectivity index (χ2n) is 9.96. The summed E-state index contributed by atoms with van der Waals surface area (Å²) in [6.07, 6.45) is 6.97. The number of nitrogens with one attached hydrogen (secondary N) is 3. The summed E-state index contributed by atoms with van der Waals surface area (Å²) in [6, 6.07) is -0.662. The fourth-order valence-corrected chi connectivity index (χ4v) is 4.32. The standard InChI is InChI=1S/C23H32N6O3/c1-12-18(13(2)29-28-12)16-10-25-17(11-24-16)26-21(30)20(27-22(31)32-23(3,4)5)19(14-6-7-14)15-8-9-15/h10-11,14-15,19-20H,6-9H2,1-5H3,(H,27,31)(H,28,29)(H,25,26,30). The van der Waals surface area contributed by atoms with Gasteiger partial charge in [0.2, 0.25) is 5.91 Å². The van der Waals surface area contributed by atoms with Gasteiger partial charge in [-0.2, -0.15) is 5.10 Å². The quantitative estimate of drug-likeness (QED) is 0.603. The Morgan fingerprint density at radius 2 is 1.75 bits per heavy atom. The first-order chi connectivity index (χ1) is 15.1. The van der Waals surface area contributed by atoms with Gasteiger partial charge in [-0.3, -0.25) is 14.9 Å². The summed E-state index contributed by atoms with van der Waals surface area (Å²) in [4.78, 5) is 34.6. The Labute approximate surface area is 188 Å². The molecule has 9 nitrogen and oxygen atoms in total. The summed E-state index contributed by atoms with van der Waals surface area (Å²) in [5, 5.41) is 12.8. The summed E-state index contributed by atoms with van der Waals surface area (Å²) >= 11 is 0. The molecule has 32 heavy (non-hydrogen) atoms. The van der Waals surface area contributed by atoms with Crippen molar-refractivity contribution in [2.45, 2.75) is 71.9 Å². The number of amides is 2. The number of aromatic nitrogens is 4. The molecule has 2 aliphatic carbocycles. The fourth-order valence-electron chi connectivity index (χ4n) is 4.32. The highest BCUT2D eigenvalue weighted by molar-refractivity contribution is 5.96. The van der Waals surface area contributed by atoms with Crippen LogP contribution in [0.4, 0.5) is 10.6 Å². The second kappa shape index (κ2) is 8.52. The molecular formula is C23H32N6O3. The number of hydrogen-bond acceptors (Lipinski definition) is 6. The Morgan fingerprint density at radius 3 is 2.22 bits per heavy atom. The van der Waals surface area contributed by atoms with E-state index in [1.807, 2.05) is 34.6 Å². The first kappa shape index (κ1) is 22.2. The molecule has 0 saturated heterocycles. The van der Waals surface area contributed by atoms with Crippen molar-refractivity contribution in [2.75, 3.05) is 5.32 Å². The van der Waals surface area contributed by atoms with Crippen molar-refractivity contribution in [3.63, 3.8) is 0 Å². The first-order valence-electron chi connectivity index (χ1n) is 11.3. The van der Waals surface area contributed by atoms with E-state index < -0.39 is 17.7 Å². The zero-order valence-corrected chi connectivity index (χ0v) is 19.4. The van der Waals surface area contributed by atoms with Crippen LogP contribution in [0.3, 0.4) is 0 Å². The van der Waals surface area contributed by atoms with Gasteiger partial charge in [-0.1, -0.05) is 0 Å². The van der Waals surface area contributed by atoms with Gasteiger partial charge in [0.25, 0.3) is 0 Å². The van der Waals surface area contributed by atoms with Crippen molar-refractivity contribution in [2.24, 2.45) is 17.8 Å². The molecule has 0 spiro atoms. The van der Waals surface area contributed by atoms with Crippen LogP contribution >= 0.6 is 0 Å². The summed E-state index contributed by atoms with van der Waals surface area (Å²) in [6.45, 7) is 9.25. The van der Waals surface area contributed by atoms with Gasteiger partial charge >= 0.3 is 6.09 Å². The fraction of sp³-hybridized carbons (Fsp3) is 0.609. The number of anilines is 1. The van der Waals surface area contributed by atoms with Crippen molar-refractivity contribution in [1.29, 1.82) is 0 Å². The molecule has 0 radical (unpaired) electrons. The minimum atomic E-state index is -0.662. The third kappa shape index (κ3) is 5.26. The molecule has 1 atom stereocenters. The Balaban J connectivity index is 1.50. The van der Waals surface area contributed by atoms with Crippen LogP contribution in [0, 0.1) is 31.6 Å². The molecule has 172 valence electrons. The molecule has 4 rings (SSSR count). The molecule has 2 fully saturated rings. The predicted octanol–water partition coefficient (Wildman–Crippen LogP) is 3.75. The number of aromatic amines is 1. The topological polar surface area (TPSA) is 122 Å². The Hall–Kier alpha value is -2.97. The molecule has 3 N–H and O–H groups in total. The van der Waals surface area contributed by atoms with E-state index >= 15 is 0 Å². The van der Waals surface area contributed by atoms with Crippen molar-refractivity contribution >= 4 is 17.8 Å². The van der Waals surface area contributed by atoms with Gasteiger partial charge in [-0.15, -0.1) is 0 Å². The molecular weight excluding hydrogens is 408 g/mol. The number of H-pyrrole nitrogens is 1. The van der Waals surface area contributed by atoms with E-state index in [0.717, 1.165) is 42.6 Å². The van der Waals surface area contributed by atoms with Gasteiger partial charge < -0.3 is 15.4 Å².